The van der Waals surface area contributed by atoms with Gasteiger partial charge in [0.2, 0.25) is 0 Å². The summed E-state index contributed by atoms with van der Waals surface area (Å²) in [7, 11) is -4.13. The van der Waals surface area contributed by atoms with E-state index in [1.165, 1.54) is 95.6 Å². The standard InChI is InChI=1S/C22H38O4S/c1-2-3-4-5-6-7-8-9-10-11-12-13-14-15-20-26-21-16-18-22(19-17-21)27(23,24)25/h16-19H,2-15,20H2,1H3,(H,23,24,25). The average molecular weight is 399 g/mol. The van der Waals surface area contributed by atoms with Crippen molar-refractivity contribution in [1.29, 1.82) is 0 Å². The predicted molar refractivity (Wildman–Crippen MR) is 112 cm³/mol. The van der Waals surface area contributed by atoms with Crippen LogP contribution in [0.4, 0.5) is 0 Å². The van der Waals surface area contributed by atoms with E-state index in [0.717, 1.165) is 6.42 Å². The largest absolute Gasteiger partial charge is 0.494 e. The Morgan fingerprint density at radius 2 is 1.11 bits per heavy atom. The third-order valence-electron chi connectivity index (χ3n) is 4.89. The summed E-state index contributed by atoms with van der Waals surface area (Å²) in [6.45, 7) is 2.91. The third-order valence-corrected chi connectivity index (χ3v) is 5.76. The maximum Gasteiger partial charge on any atom is 0.294 e. The SMILES string of the molecule is CCCCCCCCCCCCCCCCOc1ccc(S(=O)(=O)O)cc1. The molecule has 1 aromatic rings. The molecule has 0 aliphatic carbocycles. The fraction of sp³-hybridized carbons (Fsp3) is 0.727. The molecule has 1 aromatic carbocycles. The summed E-state index contributed by atoms with van der Waals surface area (Å²) in [5.41, 5.74) is 0. The van der Waals surface area contributed by atoms with Crippen LogP contribution in [0.2, 0.25) is 0 Å². The van der Waals surface area contributed by atoms with Gasteiger partial charge in [0, 0.05) is 0 Å². The molecule has 27 heavy (non-hydrogen) atoms. The molecule has 1 rings (SSSR count). The summed E-state index contributed by atoms with van der Waals surface area (Å²) < 4.78 is 36.5. The quantitative estimate of drug-likeness (QED) is 0.232. The van der Waals surface area contributed by atoms with Crippen LogP contribution in [0.5, 0.6) is 5.75 Å². The van der Waals surface area contributed by atoms with Crippen molar-refractivity contribution >= 4 is 10.1 Å². The van der Waals surface area contributed by atoms with Crippen molar-refractivity contribution in [2.75, 3.05) is 6.61 Å². The Morgan fingerprint density at radius 1 is 0.704 bits per heavy atom. The van der Waals surface area contributed by atoms with Gasteiger partial charge in [-0.05, 0) is 30.7 Å². The number of benzene rings is 1. The van der Waals surface area contributed by atoms with E-state index in [-0.39, 0.29) is 4.90 Å². The number of unbranched alkanes of at least 4 members (excludes halogenated alkanes) is 13. The lowest BCUT2D eigenvalue weighted by Crippen LogP contribution is -2.00. The summed E-state index contributed by atoms with van der Waals surface area (Å²) >= 11 is 0. The lowest BCUT2D eigenvalue weighted by molar-refractivity contribution is 0.304. The highest BCUT2D eigenvalue weighted by Crippen LogP contribution is 2.17. The van der Waals surface area contributed by atoms with Gasteiger partial charge in [0.1, 0.15) is 5.75 Å². The topological polar surface area (TPSA) is 63.6 Å². The first-order chi connectivity index (χ1) is 13.0. The van der Waals surface area contributed by atoms with Crippen molar-refractivity contribution in [3.8, 4) is 5.75 Å². The molecule has 0 unspecified atom stereocenters. The number of rotatable bonds is 17. The van der Waals surface area contributed by atoms with Crippen molar-refractivity contribution in [3.63, 3.8) is 0 Å². The molecule has 0 fully saturated rings. The first-order valence-corrected chi connectivity index (χ1v) is 12.2. The Bertz CT molecular complexity index is 566. The highest BCUT2D eigenvalue weighted by atomic mass is 32.2. The first kappa shape index (κ1) is 24.0. The zero-order valence-electron chi connectivity index (χ0n) is 17.0. The molecule has 0 atom stereocenters. The van der Waals surface area contributed by atoms with E-state index in [0.29, 0.717) is 12.4 Å². The minimum atomic E-state index is -4.13. The second-order valence-electron chi connectivity index (χ2n) is 7.39. The molecule has 156 valence electrons. The molecule has 4 nitrogen and oxygen atoms in total. The summed E-state index contributed by atoms with van der Waals surface area (Å²) in [6, 6.07) is 5.87. The first-order valence-electron chi connectivity index (χ1n) is 10.7. The second kappa shape index (κ2) is 14.9. The summed E-state index contributed by atoms with van der Waals surface area (Å²) in [6.07, 6.45) is 18.6. The van der Waals surface area contributed by atoms with Gasteiger partial charge in [-0.15, -0.1) is 0 Å². The maximum absolute atomic E-state index is 11.0. The van der Waals surface area contributed by atoms with Crippen LogP contribution < -0.4 is 4.74 Å². The highest BCUT2D eigenvalue weighted by molar-refractivity contribution is 7.85. The molecule has 0 aliphatic rings. The molecular formula is C22H38O4S. The van der Waals surface area contributed by atoms with E-state index < -0.39 is 10.1 Å². The van der Waals surface area contributed by atoms with Crippen LogP contribution in [0.3, 0.4) is 0 Å². The highest BCUT2D eigenvalue weighted by Gasteiger charge is 2.08. The Labute approximate surface area is 166 Å². The van der Waals surface area contributed by atoms with Crippen LogP contribution in [0.1, 0.15) is 96.8 Å². The normalized spacial score (nSPS) is 11.6. The van der Waals surface area contributed by atoms with Crippen LogP contribution in [0.15, 0.2) is 29.2 Å². The maximum atomic E-state index is 11.0. The molecule has 0 spiro atoms. The van der Waals surface area contributed by atoms with E-state index in [2.05, 4.69) is 6.92 Å². The Morgan fingerprint density at radius 3 is 1.52 bits per heavy atom. The third kappa shape index (κ3) is 12.9. The minimum absolute atomic E-state index is 0.105. The van der Waals surface area contributed by atoms with Crippen molar-refractivity contribution in [2.45, 2.75) is 102 Å². The van der Waals surface area contributed by atoms with Gasteiger partial charge in [-0.2, -0.15) is 8.42 Å². The molecule has 0 aromatic heterocycles. The molecule has 0 radical (unpaired) electrons. The number of ether oxygens (including phenoxy) is 1. The monoisotopic (exact) mass is 398 g/mol. The van der Waals surface area contributed by atoms with Crippen molar-refractivity contribution in [3.05, 3.63) is 24.3 Å². The van der Waals surface area contributed by atoms with Gasteiger partial charge >= 0.3 is 0 Å². The van der Waals surface area contributed by atoms with Gasteiger partial charge in [-0.25, -0.2) is 0 Å². The Kier molecular flexibility index (Phi) is 13.2. The summed E-state index contributed by atoms with van der Waals surface area (Å²) in [5.74, 6) is 0.636. The van der Waals surface area contributed by atoms with Crippen molar-refractivity contribution < 1.29 is 17.7 Å². The molecule has 0 saturated carbocycles. The van der Waals surface area contributed by atoms with Crippen LogP contribution in [-0.4, -0.2) is 19.6 Å². The van der Waals surface area contributed by atoms with Gasteiger partial charge in [0.25, 0.3) is 10.1 Å². The van der Waals surface area contributed by atoms with E-state index in [1.54, 1.807) is 12.1 Å². The Hall–Kier alpha value is -1.07. The van der Waals surface area contributed by atoms with Crippen LogP contribution in [0, 0.1) is 0 Å². The van der Waals surface area contributed by atoms with Gasteiger partial charge in [-0.3, -0.25) is 4.55 Å². The van der Waals surface area contributed by atoms with Gasteiger partial charge in [0.15, 0.2) is 0 Å². The minimum Gasteiger partial charge on any atom is -0.494 e. The second-order valence-corrected chi connectivity index (χ2v) is 8.81. The van der Waals surface area contributed by atoms with Crippen LogP contribution in [-0.2, 0) is 10.1 Å². The molecule has 0 aliphatic heterocycles. The lowest BCUT2D eigenvalue weighted by Gasteiger charge is -2.07. The fourth-order valence-electron chi connectivity index (χ4n) is 3.19. The van der Waals surface area contributed by atoms with Crippen LogP contribution in [0.25, 0.3) is 0 Å². The zero-order valence-corrected chi connectivity index (χ0v) is 17.8. The average Bonchev–Trinajstić information content (AvgIpc) is 2.64. The number of hydrogen-bond acceptors (Lipinski definition) is 3. The van der Waals surface area contributed by atoms with Crippen molar-refractivity contribution in [2.24, 2.45) is 0 Å². The molecule has 0 heterocycles. The van der Waals surface area contributed by atoms with Gasteiger partial charge in [0.05, 0.1) is 11.5 Å². The lowest BCUT2D eigenvalue weighted by atomic mass is 10.0. The van der Waals surface area contributed by atoms with Gasteiger partial charge < -0.3 is 4.74 Å². The fourth-order valence-corrected chi connectivity index (χ4v) is 3.67. The predicted octanol–water partition coefficient (Wildman–Crippen LogP) is 6.79. The van der Waals surface area contributed by atoms with Gasteiger partial charge in [-0.1, -0.05) is 90.4 Å². The van der Waals surface area contributed by atoms with Crippen molar-refractivity contribution in [1.82, 2.24) is 0 Å². The molecule has 1 N–H and O–H groups in total. The van der Waals surface area contributed by atoms with E-state index in [4.69, 9.17) is 9.29 Å². The molecule has 0 amide bonds. The van der Waals surface area contributed by atoms with E-state index >= 15 is 0 Å². The molecule has 5 heteroatoms. The summed E-state index contributed by atoms with van der Waals surface area (Å²) in [4.78, 5) is -0.105. The van der Waals surface area contributed by atoms with Crippen LogP contribution >= 0.6 is 0 Å². The molecule has 0 saturated heterocycles. The van der Waals surface area contributed by atoms with E-state index in [9.17, 15) is 8.42 Å². The van der Waals surface area contributed by atoms with E-state index in [1.807, 2.05) is 0 Å². The number of hydrogen-bond donors (Lipinski definition) is 1. The summed E-state index contributed by atoms with van der Waals surface area (Å²) in [5, 5.41) is 0. The smallest absolute Gasteiger partial charge is 0.294 e. The zero-order chi connectivity index (χ0) is 19.8. The Balaban J connectivity index is 1.88. The molecule has 0 bridgehead atoms. The molecular weight excluding hydrogens is 360 g/mol.